The van der Waals surface area contributed by atoms with Gasteiger partial charge in [0.15, 0.2) is 0 Å². The fourth-order valence-electron chi connectivity index (χ4n) is 2.08. The van der Waals surface area contributed by atoms with Crippen molar-refractivity contribution >= 4 is 0 Å². The monoisotopic (exact) mass is 198 g/mol. The lowest BCUT2D eigenvalue weighted by atomic mass is 10.0. The number of rotatable bonds is 6. The van der Waals surface area contributed by atoms with E-state index in [1.54, 1.807) is 0 Å². The van der Waals surface area contributed by atoms with Crippen molar-refractivity contribution in [1.82, 2.24) is 10.2 Å². The predicted octanol–water partition coefficient (Wildman–Crippen LogP) is 1.96. The van der Waals surface area contributed by atoms with Gasteiger partial charge in [-0.3, -0.25) is 0 Å². The van der Waals surface area contributed by atoms with E-state index in [1.165, 1.54) is 12.8 Å². The van der Waals surface area contributed by atoms with Crippen LogP contribution < -0.4 is 5.32 Å². The highest BCUT2D eigenvalue weighted by molar-refractivity contribution is 4.85. The van der Waals surface area contributed by atoms with Crippen LogP contribution in [0, 0.1) is 11.8 Å². The molecule has 2 nitrogen and oxygen atoms in total. The molecule has 0 aromatic carbocycles. The molecule has 1 saturated carbocycles. The highest BCUT2D eigenvalue weighted by atomic mass is 15.1. The Hall–Kier alpha value is -0.0800. The van der Waals surface area contributed by atoms with E-state index in [0.29, 0.717) is 6.04 Å². The van der Waals surface area contributed by atoms with Crippen molar-refractivity contribution in [3.63, 3.8) is 0 Å². The topological polar surface area (TPSA) is 15.3 Å². The first-order valence-corrected chi connectivity index (χ1v) is 5.92. The fraction of sp³-hybridized carbons (Fsp3) is 1.00. The van der Waals surface area contributed by atoms with Crippen molar-refractivity contribution in [3.05, 3.63) is 0 Å². The Morgan fingerprint density at radius 3 is 2.14 bits per heavy atom. The molecule has 0 saturated heterocycles. The van der Waals surface area contributed by atoms with Gasteiger partial charge in [0.1, 0.15) is 0 Å². The second-order valence-corrected chi connectivity index (χ2v) is 5.31. The zero-order valence-electron chi connectivity index (χ0n) is 10.4. The molecule has 0 spiro atoms. The van der Waals surface area contributed by atoms with Gasteiger partial charge in [-0.2, -0.15) is 0 Å². The second-order valence-electron chi connectivity index (χ2n) is 5.31. The highest BCUT2D eigenvalue weighted by Crippen LogP contribution is 2.32. The van der Waals surface area contributed by atoms with Crippen LogP contribution in [0.5, 0.6) is 0 Å². The lowest BCUT2D eigenvalue weighted by molar-refractivity contribution is 0.217. The predicted molar refractivity (Wildman–Crippen MR) is 62.5 cm³/mol. The molecule has 0 aromatic heterocycles. The first kappa shape index (κ1) is 12.0. The van der Waals surface area contributed by atoms with Crippen LogP contribution in [0.25, 0.3) is 0 Å². The molecule has 1 rings (SSSR count). The average Bonchev–Trinajstić information content (AvgIpc) is 2.84. The molecule has 14 heavy (non-hydrogen) atoms. The van der Waals surface area contributed by atoms with Gasteiger partial charge in [-0.15, -0.1) is 0 Å². The van der Waals surface area contributed by atoms with Gasteiger partial charge in [0, 0.05) is 18.6 Å². The normalized spacial score (nSPS) is 21.6. The Morgan fingerprint density at radius 2 is 1.79 bits per heavy atom. The maximum Gasteiger partial charge on any atom is 0.0237 e. The van der Waals surface area contributed by atoms with E-state index in [0.717, 1.165) is 24.4 Å². The number of hydrogen-bond acceptors (Lipinski definition) is 2. The third kappa shape index (κ3) is 3.58. The van der Waals surface area contributed by atoms with E-state index in [1.807, 2.05) is 0 Å². The van der Waals surface area contributed by atoms with E-state index in [2.05, 4.69) is 45.1 Å². The van der Waals surface area contributed by atoms with Crippen LogP contribution in [0.1, 0.15) is 33.6 Å². The van der Waals surface area contributed by atoms with E-state index >= 15 is 0 Å². The summed E-state index contributed by atoms with van der Waals surface area (Å²) in [7, 11) is 4.35. The molecule has 2 atom stereocenters. The Bertz CT molecular complexity index is 154. The van der Waals surface area contributed by atoms with E-state index in [4.69, 9.17) is 0 Å². The van der Waals surface area contributed by atoms with Crippen LogP contribution in [0.2, 0.25) is 0 Å². The van der Waals surface area contributed by atoms with Gasteiger partial charge in [-0.25, -0.2) is 0 Å². The number of likely N-dealkylation sites (N-methyl/N-ethyl adjacent to an activating group) is 1. The minimum atomic E-state index is 0.663. The summed E-state index contributed by atoms with van der Waals surface area (Å²) in [5, 5.41) is 3.67. The third-order valence-electron chi connectivity index (χ3n) is 3.41. The fourth-order valence-corrected chi connectivity index (χ4v) is 2.08. The third-order valence-corrected chi connectivity index (χ3v) is 3.41. The zero-order chi connectivity index (χ0) is 10.7. The summed E-state index contributed by atoms with van der Waals surface area (Å²) in [5.74, 6) is 1.69. The van der Waals surface area contributed by atoms with Crippen molar-refractivity contribution in [3.8, 4) is 0 Å². The first-order chi connectivity index (χ1) is 6.52. The first-order valence-electron chi connectivity index (χ1n) is 5.92. The smallest absolute Gasteiger partial charge is 0.0237 e. The minimum Gasteiger partial charge on any atom is -0.312 e. The van der Waals surface area contributed by atoms with E-state index in [-0.39, 0.29) is 0 Å². The van der Waals surface area contributed by atoms with Gasteiger partial charge in [0.05, 0.1) is 0 Å². The van der Waals surface area contributed by atoms with Crippen LogP contribution in [0.4, 0.5) is 0 Å². The standard InChI is InChI=1S/C12H26N2/c1-9(2)12(14(4)5)8-13-10(3)11-6-7-11/h9-13H,6-8H2,1-5H3. The van der Waals surface area contributed by atoms with Gasteiger partial charge in [-0.1, -0.05) is 13.8 Å². The van der Waals surface area contributed by atoms with Gasteiger partial charge in [0.2, 0.25) is 0 Å². The molecule has 1 fully saturated rings. The minimum absolute atomic E-state index is 0.663. The zero-order valence-corrected chi connectivity index (χ0v) is 10.4. The van der Waals surface area contributed by atoms with E-state index < -0.39 is 0 Å². The van der Waals surface area contributed by atoms with E-state index in [9.17, 15) is 0 Å². The Balaban J connectivity index is 2.24. The molecule has 2 heteroatoms. The van der Waals surface area contributed by atoms with Gasteiger partial charge in [0.25, 0.3) is 0 Å². The lowest BCUT2D eigenvalue weighted by Crippen LogP contribution is -2.44. The molecular formula is C12H26N2. The second kappa shape index (κ2) is 5.13. The highest BCUT2D eigenvalue weighted by Gasteiger charge is 2.28. The molecule has 0 amide bonds. The number of nitrogens with one attached hydrogen (secondary N) is 1. The summed E-state index contributed by atoms with van der Waals surface area (Å²) in [6, 6.07) is 1.38. The van der Waals surface area contributed by atoms with Crippen LogP contribution >= 0.6 is 0 Å². The van der Waals surface area contributed by atoms with Crippen molar-refractivity contribution in [2.24, 2.45) is 11.8 Å². The van der Waals surface area contributed by atoms with Crippen molar-refractivity contribution < 1.29 is 0 Å². The summed E-state index contributed by atoms with van der Waals surface area (Å²) < 4.78 is 0. The van der Waals surface area contributed by atoms with Crippen LogP contribution in [-0.2, 0) is 0 Å². The average molecular weight is 198 g/mol. The van der Waals surface area contributed by atoms with Gasteiger partial charge in [-0.05, 0) is 45.7 Å². The molecule has 1 aliphatic carbocycles. The largest absolute Gasteiger partial charge is 0.312 e. The maximum absolute atomic E-state index is 3.67. The summed E-state index contributed by atoms with van der Waals surface area (Å²) in [4.78, 5) is 2.33. The molecule has 0 aromatic rings. The molecule has 0 aliphatic heterocycles. The molecule has 84 valence electrons. The SMILES string of the molecule is CC(C)C(CNC(C)C1CC1)N(C)C. The Morgan fingerprint density at radius 1 is 1.21 bits per heavy atom. The summed E-state index contributed by atoms with van der Waals surface area (Å²) in [6.45, 7) is 8.05. The molecule has 0 radical (unpaired) electrons. The maximum atomic E-state index is 3.67. The molecule has 0 bridgehead atoms. The molecular weight excluding hydrogens is 172 g/mol. The van der Waals surface area contributed by atoms with Crippen LogP contribution in [0.15, 0.2) is 0 Å². The lowest BCUT2D eigenvalue weighted by Gasteiger charge is -2.29. The Kier molecular flexibility index (Phi) is 4.39. The molecule has 1 N–H and O–H groups in total. The van der Waals surface area contributed by atoms with Crippen molar-refractivity contribution in [2.45, 2.75) is 45.7 Å². The molecule has 1 aliphatic rings. The Labute approximate surface area is 89.1 Å². The molecule has 2 unspecified atom stereocenters. The number of hydrogen-bond donors (Lipinski definition) is 1. The van der Waals surface area contributed by atoms with Crippen LogP contribution in [-0.4, -0.2) is 37.6 Å². The summed E-state index contributed by atoms with van der Waals surface area (Å²) >= 11 is 0. The van der Waals surface area contributed by atoms with Gasteiger partial charge < -0.3 is 10.2 Å². The number of nitrogens with zero attached hydrogens (tertiary/aromatic N) is 1. The quantitative estimate of drug-likeness (QED) is 0.702. The van der Waals surface area contributed by atoms with Crippen molar-refractivity contribution in [2.75, 3.05) is 20.6 Å². The van der Waals surface area contributed by atoms with Gasteiger partial charge >= 0.3 is 0 Å². The summed E-state index contributed by atoms with van der Waals surface area (Å²) in [6.07, 6.45) is 2.87. The van der Waals surface area contributed by atoms with Crippen molar-refractivity contribution in [1.29, 1.82) is 0 Å². The molecule has 0 heterocycles. The summed E-state index contributed by atoms with van der Waals surface area (Å²) in [5.41, 5.74) is 0. The van der Waals surface area contributed by atoms with Crippen LogP contribution in [0.3, 0.4) is 0 Å².